The maximum atomic E-state index is 9.83. The van der Waals surface area contributed by atoms with Crippen molar-refractivity contribution in [1.29, 1.82) is 0 Å². The Morgan fingerprint density at radius 2 is 1.88 bits per heavy atom. The summed E-state index contributed by atoms with van der Waals surface area (Å²) in [4.78, 5) is 1.50. The summed E-state index contributed by atoms with van der Waals surface area (Å²) >= 11 is 0. The number of aliphatic hydroxyl groups excluding tert-OH is 1. The molecule has 1 heterocycles. The van der Waals surface area contributed by atoms with Gasteiger partial charge in [-0.1, -0.05) is 18.2 Å². The van der Waals surface area contributed by atoms with Crippen LogP contribution in [-0.2, 0) is 0 Å². The fraction of sp³-hybridized carbons (Fsp3) is 0.538. The summed E-state index contributed by atoms with van der Waals surface area (Å²) in [5.74, 6) is 0.831. The third-order valence-electron chi connectivity index (χ3n) is 3.02. The van der Waals surface area contributed by atoms with Crippen LogP contribution < -0.4 is 9.64 Å². The van der Waals surface area contributed by atoms with Gasteiger partial charge in [-0.25, -0.2) is 0 Å². The van der Waals surface area contributed by atoms with E-state index in [4.69, 9.17) is 4.74 Å². The molecule has 1 atom stereocenters. The van der Waals surface area contributed by atoms with Crippen molar-refractivity contribution in [2.45, 2.75) is 18.9 Å². The molecule has 1 fully saturated rings. The van der Waals surface area contributed by atoms with Gasteiger partial charge in [-0.15, -0.1) is 0 Å². The van der Waals surface area contributed by atoms with Crippen molar-refractivity contribution in [3.63, 3.8) is 0 Å². The van der Waals surface area contributed by atoms with Crippen LogP contribution in [-0.4, -0.2) is 37.5 Å². The molecule has 1 aliphatic heterocycles. The molecule has 0 aliphatic carbocycles. The van der Waals surface area contributed by atoms with Crippen molar-refractivity contribution in [2.75, 3.05) is 26.2 Å². The van der Waals surface area contributed by atoms with E-state index in [0.717, 1.165) is 12.3 Å². The van der Waals surface area contributed by atoms with E-state index in [9.17, 15) is 5.11 Å². The van der Waals surface area contributed by atoms with Gasteiger partial charge in [0.2, 0.25) is 0 Å². The lowest BCUT2D eigenvalue weighted by Crippen LogP contribution is -3.11. The summed E-state index contributed by atoms with van der Waals surface area (Å²) < 4.78 is 5.51. The second-order valence-electron chi connectivity index (χ2n) is 4.44. The lowest BCUT2D eigenvalue weighted by molar-refractivity contribution is -0.890. The number of benzene rings is 1. The van der Waals surface area contributed by atoms with E-state index in [1.54, 1.807) is 0 Å². The minimum Gasteiger partial charge on any atom is -0.491 e. The first-order valence-electron chi connectivity index (χ1n) is 6.04. The van der Waals surface area contributed by atoms with Crippen LogP contribution in [0.3, 0.4) is 0 Å². The Balaban J connectivity index is 1.69. The van der Waals surface area contributed by atoms with Gasteiger partial charge in [0.15, 0.2) is 0 Å². The number of para-hydroxylation sites is 1. The Kier molecular flexibility index (Phi) is 4.19. The Morgan fingerprint density at radius 1 is 1.19 bits per heavy atom. The largest absolute Gasteiger partial charge is 0.491 e. The van der Waals surface area contributed by atoms with Gasteiger partial charge in [0, 0.05) is 12.8 Å². The average Bonchev–Trinajstić information content (AvgIpc) is 2.81. The van der Waals surface area contributed by atoms with Gasteiger partial charge in [0.1, 0.15) is 25.0 Å². The lowest BCUT2D eigenvalue weighted by atomic mass is 10.3. The Labute approximate surface area is 96.6 Å². The van der Waals surface area contributed by atoms with Crippen molar-refractivity contribution in [2.24, 2.45) is 0 Å². The monoisotopic (exact) mass is 222 g/mol. The molecule has 1 aromatic carbocycles. The molecule has 2 N–H and O–H groups in total. The van der Waals surface area contributed by atoms with Crippen LogP contribution in [0, 0.1) is 0 Å². The normalized spacial score (nSPS) is 18.6. The first-order chi connectivity index (χ1) is 7.84. The first-order valence-corrected chi connectivity index (χ1v) is 6.04. The zero-order valence-electron chi connectivity index (χ0n) is 9.56. The highest BCUT2D eigenvalue weighted by Gasteiger charge is 2.19. The maximum Gasteiger partial charge on any atom is 0.137 e. The van der Waals surface area contributed by atoms with Crippen LogP contribution in [0.1, 0.15) is 12.8 Å². The molecule has 0 saturated carbocycles. The van der Waals surface area contributed by atoms with Gasteiger partial charge >= 0.3 is 0 Å². The predicted molar refractivity (Wildman–Crippen MR) is 62.7 cm³/mol. The first kappa shape index (κ1) is 11.4. The number of likely N-dealkylation sites (tertiary alicyclic amines) is 1. The van der Waals surface area contributed by atoms with E-state index >= 15 is 0 Å². The van der Waals surface area contributed by atoms with Gasteiger partial charge < -0.3 is 14.7 Å². The maximum absolute atomic E-state index is 9.83. The topological polar surface area (TPSA) is 33.9 Å². The average molecular weight is 222 g/mol. The standard InChI is InChI=1S/C13H19NO2/c15-12(10-14-8-4-5-9-14)11-16-13-6-2-1-3-7-13/h1-3,6-7,12,15H,4-5,8-11H2/p+1. The fourth-order valence-electron chi connectivity index (χ4n) is 2.18. The van der Waals surface area contributed by atoms with Crippen molar-refractivity contribution in [3.05, 3.63) is 30.3 Å². The zero-order chi connectivity index (χ0) is 11.2. The van der Waals surface area contributed by atoms with Crippen molar-refractivity contribution < 1.29 is 14.7 Å². The molecule has 1 saturated heterocycles. The Hall–Kier alpha value is -1.06. The number of quaternary nitrogens is 1. The van der Waals surface area contributed by atoms with Crippen LogP contribution >= 0.6 is 0 Å². The molecule has 0 spiro atoms. The third-order valence-corrected chi connectivity index (χ3v) is 3.02. The highest BCUT2D eigenvalue weighted by atomic mass is 16.5. The molecule has 0 radical (unpaired) electrons. The van der Waals surface area contributed by atoms with Gasteiger partial charge in [-0.3, -0.25) is 0 Å². The molecule has 0 aromatic heterocycles. The minimum atomic E-state index is -0.353. The van der Waals surface area contributed by atoms with Crippen molar-refractivity contribution >= 4 is 0 Å². The summed E-state index contributed by atoms with van der Waals surface area (Å²) in [6.07, 6.45) is 2.23. The summed E-state index contributed by atoms with van der Waals surface area (Å²) in [7, 11) is 0. The number of hydrogen-bond acceptors (Lipinski definition) is 2. The second-order valence-corrected chi connectivity index (χ2v) is 4.44. The van der Waals surface area contributed by atoms with Crippen LogP contribution in [0.5, 0.6) is 5.75 Å². The van der Waals surface area contributed by atoms with Gasteiger partial charge in [-0.2, -0.15) is 0 Å². The highest BCUT2D eigenvalue weighted by molar-refractivity contribution is 5.20. The number of rotatable bonds is 5. The molecule has 0 bridgehead atoms. The van der Waals surface area contributed by atoms with E-state index in [0.29, 0.717) is 6.61 Å². The van der Waals surface area contributed by atoms with Crippen molar-refractivity contribution in [1.82, 2.24) is 0 Å². The Bertz CT molecular complexity index is 296. The summed E-state index contributed by atoms with van der Waals surface area (Å²) in [6, 6.07) is 9.66. The van der Waals surface area contributed by atoms with Crippen LogP contribution in [0.25, 0.3) is 0 Å². The van der Waals surface area contributed by atoms with Gasteiger partial charge in [0.05, 0.1) is 13.1 Å². The number of aliphatic hydroxyl groups is 1. The summed E-state index contributed by atoms with van der Waals surface area (Å²) in [5.41, 5.74) is 0. The zero-order valence-corrected chi connectivity index (χ0v) is 9.56. The van der Waals surface area contributed by atoms with Crippen LogP contribution in [0.15, 0.2) is 30.3 Å². The smallest absolute Gasteiger partial charge is 0.137 e. The molecule has 0 amide bonds. The van der Waals surface area contributed by atoms with Gasteiger partial charge in [0.25, 0.3) is 0 Å². The Morgan fingerprint density at radius 3 is 2.56 bits per heavy atom. The van der Waals surface area contributed by atoms with E-state index in [1.165, 1.54) is 30.8 Å². The number of hydrogen-bond donors (Lipinski definition) is 2. The number of ether oxygens (including phenoxy) is 1. The minimum absolute atomic E-state index is 0.353. The molecule has 3 nitrogen and oxygen atoms in total. The molecule has 1 unspecified atom stereocenters. The van der Waals surface area contributed by atoms with E-state index in [1.807, 2.05) is 30.3 Å². The molecular formula is C13H20NO2+. The molecule has 16 heavy (non-hydrogen) atoms. The lowest BCUT2D eigenvalue weighted by Gasteiger charge is -2.17. The van der Waals surface area contributed by atoms with Crippen LogP contribution in [0.4, 0.5) is 0 Å². The summed E-state index contributed by atoms with van der Waals surface area (Å²) in [6.45, 7) is 3.60. The molecule has 88 valence electrons. The van der Waals surface area contributed by atoms with E-state index < -0.39 is 0 Å². The SMILES string of the molecule is OC(COc1ccccc1)C[NH+]1CCCC1. The molecule has 3 heteroatoms. The van der Waals surface area contributed by atoms with E-state index in [-0.39, 0.29) is 6.10 Å². The number of nitrogens with one attached hydrogen (secondary N) is 1. The highest BCUT2D eigenvalue weighted by Crippen LogP contribution is 2.08. The predicted octanol–water partition coefficient (Wildman–Crippen LogP) is 0.105. The van der Waals surface area contributed by atoms with Crippen molar-refractivity contribution in [3.8, 4) is 5.75 Å². The molecule has 2 rings (SSSR count). The van der Waals surface area contributed by atoms with Crippen LogP contribution in [0.2, 0.25) is 0 Å². The molecule has 1 aliphatic rings. The molecular weight excluding hydrogens is 202 g/mol. The summed E-state index contributed by atoms with van der Waals surface area (Å²) in [5, 5.41) is 9.83. The van der Waals surface area contributed by atoms with Gasteiger partial charge in [-0.05, 0) is 12.1 Å². The quantitative estimate of drug-likeness (QED) is 0.741. The third kappa shape index (κ3) is 3.51. The fourth-order valence-corrected chi connectivity index (χ4v) is 2.18. The van der Waals surface area contributed by atoms with E-state index in [2.05, 4.69) is 0 Å². The second kappa shape index (κ2) is 5.87. The molecule has 1 aromatic rings.